The van der Waals surface area contributed by atoms with E-state index in [9.17, 15) is 4.79 Å². The highest BCUT2D eigenvalue weighted by atomic mass is 16.4. The predicted octanol–water partition coefficient (Wildman–Crippen LogP) is 0.290. The topological polar surface area (TPSA) is 68.4 Å². The van der Waals surface area contributed by atoms with Crippen molar-refractivity contribution >= 4 is 5.97 Å². The van der Waals surface area contributed by atoms with Crippen LogP contribution >= 0.6 is 0 Å². The Morgan fingerprint density at radius 3 is 2.60 bits per heavy atom. The Labute approximate surface area is 89.1 Å². The lowest BCUT2D eigenvalue weighted by Crippen LogP contribution is -2.45. The zero-order chi connectivity index (χ0) is 11.4. The molecule has 5 nitrogen and oxygen atoms in total. The highest BCUT2D eigenvalue weighted by molar-refractivity contribution is 5.74. The van der Waals surface area contributed by atoms with Crippen LogP contribution in [0.15, 0.2) is 18.3 Å². The molecule has 0 spiro atoms. The maximum absolute atomic E-state index is 11.1. The summed E-state index contributed by atoms with van der Waals surface area (Å²) in [4.78, 5) is 16.0. The van der Waals surface area contributed by atoms with Crippen molar-refractivity contribution in [3.05, 3.63) is 24.0 Å². The molecular weight excluding hydrogens is 194 g/mol. The minimum Gasteiger partial charge on any atom is -0.480 e. The summed E-state index contributed by atoms with van der Waals surface area (Å²) in [5, 5.41) is 11.9. The Kier molecular flexibility index (Phi) is 3.88. The Morgan fingerprint density at radius 1 is 1.60 bits per heavy atom. The molecule has 2 atom stereocenters. The quantitative estimate of drug-likeness (QED) is 0.655. The van der Waals surface area contributed by atoms with E-state index in [0.717, 1.165) is 5.69 Å². The van der Waals surface area contributed by atoms with E-state index in [1.54, 1.807) is 13.2 Å². The second-order valence-corrected chi connectivity index (χ2v) is 3.64. The summed E-state index contributed by atoms with van der Waals surface area (Å²) in [6.45, 7) is 0. The Balaban J connectivity index is 2.96. The van der Waals surface area contributed by atoms with Crippen molar-refractivity contribution in [3.8, 4) is 0 Å². The van der Waals surface area contributed by atoms with Crippen LogP contribution in [-0.2, 0) is 4.79 Å². The van der Waals surface area contributed by atoms with Crippen molar-refractivity contribution in [2.75, 3.05) is 21.1 Å². The first kappa shape index (κ1) is 11.7. The monoisotopic (exact) mass is 211 g/mol. The van der Waals surface area contributed by atoms with Gasteiger partial charge < -0.3 is 15.4 Å². The van der Waals surface area contributed by atoms with Gasteiger partial charge >= 0.3 is 5.97 Å². The van der Waals surface area contributed by atoms with Crippen molar-refractivity contribution in [1.29, 1.82) is 0 Å². The molecule has 0 fully saturated rings. The van der Waals surface area contributed by atoms with Gasteiger partial charge in [0.2, 0.25) is 0 Å². The molecule has 15 heavy (non-hydrogen) atoms. The van der Waals surface area contributed by atoms with Gasteiger partial charge in [0.1, 0.15) is 6.04 Å². The number of carboxylic acid groups (broad SMARTS) is 1. The molecule has 3 N–H and O–H groups in total. The van der Waals surface area contributed by atoms with Crippen LogP contribution in [0.4, 0.5) is 0 Å². The van der Waals surface area contributed by atoms with E-state index in [-0.39, 0.29) is 6.04 Å². The fourth-order valence-electron chi connectivity index (χ4n) is 1.70. The number of aromatic nitrogens is 1. The average Bonchev–Trinajstić information content (AvgIpc) is 2.64. The van der Waals surface area contributed by atoms with E-state index in [2.05, 4.69) is 10.3 Å². The number of hydrogen-bond acceptors (Lipinski definition) is 3. The van der Waals surface area contributed by atoms with Gasteiger partial charge in [0, 0.05) is 11.9 Å². The van der Waals surface area contributed by atoms with Gasteiger partial charge in [0.15, 0.2) is 0 Å². The number of carbonyl (C=O) groups is 1. The largest absolute Gasteiger partial charge is 0.480 e. The molecule has 1 rings (SSSR count). The SMILES string of the molecule is CNC(C(=O)O)C(c1ccc[nH]1)N(C)C. The van der Waals surface area contributed by atoms with Crippen LogP contribution in [0.2, 0.25) is 0 Å². The lowest BCUT2D eigenvalue weighted by Gasteiger charge is -2.28. The van der Waals surface area contributed by atoms with Crippen LogP contribution in [-0.4, -0.2) is 48.1 Å². The van der Waals surface area contributed by atoms with Crippen molar-refractivity contribution in [2.45, 2.75) is 12.1 Å². The molecule has 0 bridgehead atoms. The Bertz CT molecular complexity index is 308. The molecule has 0 amide bonds. The van der Waals surface area contributed by atoms with Crippen LogP contribution in [0.3, 0.4) is 0 Å². The van der Waals surface area contributed by atoms with Crippen molar-refractivity contribution in [3.63, 3.8) is 0 Å². The number of rotatable bonds is 5. The highest BCUT2D eigenvalue weighted by Crippen LogP contribution is 2.20. The number of hydrogen-bond donors (Lipinski definition) is 3. The lowest BCUT2D eigenvalue weighted by atomic mass is 10.0. The summed E-state index contributed by atoms with van der Waals surface area (Å²) in [5.74, 6) is -0.856. The van der Waals surface area contributed by atoms with Gasteiger partial charge in [0.25, 0.3) is 0 Å². The molecule has 0 aliphatic carbocycles. The maximum Gasteiger partial charge on any atom is 0.322 e. The summed E-state index contributed by atoms with van der Waals surface area (Å²) < 4.78 is 0. The van der Waals surface area contributed by atoms with Crippen LogP contribution in [0, 0.1) is 0 Å². The molecule has 1 aromatic rings. The minimum atomic E-state index is -0.856. The molecular formula is C10H17N3O2. The van der Waals surface area contributed by atoms with E-state index in [4.69, 9.17) is 5.11 Å². The number of nitrogens with one attached hydrogen (secondary N) is 2. The molecule has 0 saturated carbocycles. The molecule has 0 aliphatic rings. The van der Waals surface area contributed by atoms with Gasteiger partial charge in [-0.05, 0) is 33.3 Å². The summed E-state index contributed by atoms with van der Waals surface area (Å²) in [7, 11) is 5.37. The van der Waals surface area contributed by atoms with Gasteiger partial charge in [-0.15, -0.1) is 0 Å². The van der Waals surface area contributed by atoms with E-state index >= 15 is 0 Å². The molecule has 5 heteroatoms. The molecule has 0 aromatic carbocycles. The molecule has 84 valence electrons. The highest BCUT2D eigenvalue weighted by Gasteiger charge is 2.30. The molecule has 0 saturated heterocycles. The second-order valence-electron chi connectivity index (χ2n) is 3.64. The van der Waals surface area contributed by atoms with E-state index in [1.165, 1.54) is 0 Å². The smallest absolute Gasteiger partial charge is 0.322 e. The van der Waals surface area contributed by atoms with E-state index in [0.29, 0.717) is 0 Å². The number of nitrogens with zero attached hydrogens (tertiary/aromatic N) is 1. The first-order valence-corrected chi connectivity index (χ1v) is 4.77. The third-order valence-corrected chi connectivity index (χ3v) is 2.39. The molecule has 0 aliphatic heterocycles. The fourth-order valence-corrected chi connectivity index (χ4v) is 1.70. The van der Waals surface area contributed by atoms with Gasteiger partial charge in [0.05, 0.1) is 6.04 Å². The van der Waals surface area contributed by atoms with Gasteiger partial charge in [-0.1, -0.05) is 0 Å². The molecule has 2 unspecified atom stereocenters. The normalized spacial score (nSPS) is 15.2. The van der Waals surface area contributed by atoms with E-state index < -0.39 is 12.0 Å². The zero-order valence-corrected chi connectivity index (χ0v) is 9.19. The Morgan fingerprint density at radius 2 is 2.27 bits per heavy atom. The predicted molar refractivity (Wildman–Crippen MR) is 57.7 cm³/mol. The summed E-state index contributed by atoms with van der Waals surface area (Å²) in [6.07, 6.45) is 1.79. The third kappa shape index (κ3) is 2.57. The van der Waals surface area contributed by atoms with Crippen molar-refractivity contribution in [2.24, 2.45) is 0 Å². The first-order valence-electron chi connectivity index (χ1n) is 4.77. The lowest BCUT2D eigenvalue weighted by molar-refractivity contribution is -0.141. The number of aliphatic carboxylic acids is 1. The van der Waals surface area contributed by atoms with Crippen LogP contribution < -0.4 is 5.32 Å². The second kappa shape index (κ2) is 4.95. The van der Waals surface area contributed by atoms with Crippen molar-refractivity contribution < 1.29 is 9.90 Å². The number of likely N-dealkylation sites (N-methyl/N-ethyl adjacent to an activating group) is 2. The summed E-state index contributed by atoms with van der Waals surface area (Å²) in [6, 6.07) is 2.92. The van der Waals surface area contributed by atoms with Gasteiger partial charge in [-0.25, -0.2) is 0 Å². The number of carboxylic acids is 1. The number of H-pyrrole nitrogens is 1. The molecule has 1 aromatic heterocycles. The van der Waals surface area contributed by atoms with Gasteiger partial charge in [-0.3, -0.25) is 9.69 Å². The van der Waals surface area contributed by atoms with Crippen LogP contribution in [0.5, 0.6) is 0 Å². The zero-order valence-electron chi connectivity index (χ0n) is 9.19. The first-order chi connectivity index (χ1) is 7.07. The minimum absolute atomic E-state index is 0.206. The number of aromatic amines is 1. The fraction of sp³-hybridized carbons (Fsp3) is 0.500. The summed E-state index contributed by atoms with van der Waals surface area (Å²) >= 11 is 0. The molecule has 0 radical (unpaired) electrons. The van der Waals surface area contributed by atoms with E-state index in [1.807, 2.05) is 31.1 Å². The molecule has 1 heterocycles. The van der Waals surface area contributed by atoms with Crippen LogP contribution in [0.1, 0.15) is 11.7 Å². The Hall–Kier alpha value is -1.33. The standard InChI is InChI=1S/C10H17N3O2/c1-11-8(10(14)15)9(13(2)3)7-5-4-6-12-7/h4-6,8-9,11-12H,1-3H3,(H,14,15). The van der Waals surface area contributed by atoms with Gasteiger partial charge in [-0.2, -0.15) is 0 Å². The third-order valence-electron chi connectivity index (χ3n) is 2.39. The summed E-state index contributed by atoms with van der Waals surface area (Å²) in [5.41, 5.74) is 0.891. The van der Waals surface area contributed by atoms with Crippen LogP contribution in [0.25, 0.3) is 0 Å². The average molecular weight is 211 g/mol. The maximum atomic E-state index is 11.1. The van der Waals surface area contributed by atoms with Crippen molar-refractivity contribution in [1.82, 2.24) is 15.2 Å².